The standard InChI is InChI=1S/C10H14BrNO/c1-6-4-10(13)8(5-9(6)11)7(2)12-3/h4-5,7,12-13H,1-3H3/t7-/m0/s1. The predicted molar refractivity (Wildman–Crippen MR) is 58.0 cm³/mol. The number of benzene rings is 1. The summed E-state index contributed by atoms with van der Waals surface area (Å²) in [5.41, 5.74) is 1.96. The Bertz CT molecular complexity index is 312. The van der Waals surface area contributed by atoms with Crippen molar-refractivity contribution < 1.29 is 5.11 Å². The molecule has 0 saturated heterocycles. The number of phenols is 1. The Labute approximate surface area is 87.1 Å². The first-order valence-electron chi connectivity index (χ1n) is 4.22. The summed E-state index contributed by atoms with van der Waals surface area (Å²) in [5, 5.41) is 12.7. The topological polar surface area (TPSA) is 32.3 Å². The summed E-state index contributed by atoms with van der Waals surface area (Å²) < 4.78 is 1.03. The van der Waals surface area contributed by atoms with Gasteiger partial charge in [-0.05, 0) is 38.6 Å². The summed E-state index contributed by atoms with van der Waals surface area (Å²) in [6.07, 6.45) is 0. The first-order chi connectivity index (χ1) is 6.06. The predicted octanol–water partition coefficient (Wildman–Crippen LogP) is 2.74. The molecule has 0 aliphatic heterocycles. The lowest BCUT2D eigenvalue weighted by Crippen LogP contribution is -2.12. The average molecular weight is 244 g/mol. The van der Waals surface area contributed by atoms with Gasteiger partial charge in [-0.25, -0.2) is 0 Å². The van der Waals surface area contributed by atoms with E-state index in [4.69, 9.17) is 0 Å². The molecular weight excluding hydrogens is 230 g/mol. The normalized spacial score (nSPS) is 12.9. The van der Waals surface area contributed by atoms with E-state index in [0.29, 0.717) is 5.75 Å². The third-order valence-corrected chi connectivity index (χ3v) is 3.06. The molecule has 0 unspecified atom stereocenters. The summed E-state index contributed by atoms with van der Waals surface area (Å²) in [7, 11) is 1.87. The number of aromatic hydroxyl groups is 1. The minimum atomic E-state index is 0.164. The Morgan fingerprint density at radius 1 is 1.46 bits per heavy atom. The zero-order valence-corrected chi connectivity index (χ0v) is 9.64. The molecule has 72 valence electrons. The number of phenolic OH excluding ortho intramolecular Hbond substituents is 1. The fourth-order valence-electron chi connectivity index (χ4n) is 1.18. The molecule has 0 amide bonds. The van der Waals surface area contributed by atoms with Crippen molar-refractivity contribution in [2.24, 2.45) is 0 Å². The Morgan fingerprint density at radius 3 is 2.62 bits per heavy atom. The van der Waals surface area contributed by atoms with Crippen molar-refractivity contribution in [1.29, 1.82) is 0 Å². The van der Waals surface area contributed by atoms with Gasteiger partial charge in [-0.3, -0.25) is 0 Å². The molecule has 1 aromatic carbocycles. The lowest BCUT2D eigenvalue weighted by atomic mass is 10.1. The minimum Gasteiger partial charge on any atom is -0.508 e. The van der Waals surface area contributed by atoms with Crippen LogP contribution in [0.4, 0.5) is 0 Å². The number of halogens is 1. The summed E-state index contributed by atoms with van der Waals surface area (Å²) in [5.74, 6) is 0.350. The summed E-state index contributed by atoms with van der Waals surface area (Å²) >= 11 is 3.44. The molecule has 3 heteroatoms. The summed E-state index contributed by atoms with van der Waals surface area (Å²) in [4.78, 5) is 0. The third kappa shape index (κ3) is 2.23. The van der Waals surface area contributed by atoms with E-state index in [2.05, 4.69) is 21.2 Å². The van der Waals surface area contributed by atoms with Crippen LogP contribution in [-0.2, 0) is 0 Å². The largest absolute Gasteiger partial charge is 0.508 e. The van der Waals surface area contributed by atoms with Crippen molar-refractivity contribution in [3.05, 3.63) is 27.7 Å². The van der Waals surface area contributed by atoms with Gasteiger partial charge in [0.2, 0.25) is 0 Å². The van der Waals surface area contributed by atoms with Crippen LogP contribution < -0.4 is 5.32 Å². The van der Waals surface area contributed by atoms with Crippen LogP contribution in [0.5, 0.6) is 5.75 Å². The SMILES string of the molecule is CN[C@@H](C)c1cc(Br)c(C)cc1O. The Kier molecular flexibility index (Phi) is 3.33. The molecule has 0 saturated carbocycles. The monoisotopic (exact) mass is 243 g/mol. The molecule has 0 aliphatic carbocycles. The van der Waals surface area contributed by atoms with Crippen molar-refractivity contribution in [2.75, 3.05) is 7.05 Å². The molecule has 0 radical (unpaired) electrons. The van der Waals surface area contributed by atoms with E-state index in [1.807, 2.05) is 27.0 Å². The molecule has 0 bridgehead atoms. The maximum Gasteiger partial charge on any atom is 0.120 e. The molecule has 0 fully saturated rings. The number of nitrogens with one attached hydrogen (secondary N) is 1. The van der Waals surface area contributed by atoms with Gasteiger partial charge < -0.3 is 10.4 Å². The lowest BCUT2D eigenvalue weighted by Gasteiger charge is -2.13. The first kappa shape index (κ1) is 10.5. The molecule has 1 atom stereocenters. The first-order valence-corrected chi connectivity index (χ1v) is 5.01. The smallest absolute Gasteiger partial charge is 0.120 e. The Balaban J connectivity index is 3.15. The van der Waals surface area contributed by atoms with Gasteiger partial charge in [-0.2, -0.15) is 0 Å². The number of hydrogen-bond donors (Lipinski definition) is 2. The fraction of sp³-hybridized carbons (Fsp3) is 0.400. The van der Waals surface area contributed by atoms with E-state index in [1.165, 1.54) is 0 Å². The van der Waals surface area contributed by atoms with Crippen LogP contribution in [0.25, 0.3) is 0 Å². The molecular formula is C10H14BrNO. The van der Waals surface area contributed by atoms with Crippen LogP contribution in [0, 0.1) is 6.92 Å². The number of hydrogen-bond acceptors (Lipinski definition) is 2. The van der Waals surface area contributed by atoms with Gasteiger partial charge in [-0.1, -0.05) is 15.9 Å². The van der Waals surface area contributed by atoms with Crippen LogP contribution in [0.1, 0.15) is 24.1 Å². The highest BCUT2D eigenvalue weighted by Crippen LogP contribution is 2.29. The third-order valence-electron chi connectivity index (χ3n) is 2.21. The number of rotatable bonds is 2. The Hall–Kier alpha value is -0.540. The second-order valence-electron chi connectivity index (χ2n) is 3.17. The highest BCUT2D eigenvalue weighted by atomic mass is 79.9. The van der Waals surface area contributed by atoms with E-state index >= 15 is 0 Å². The van der Waals surface area contributed by atoms with Crippen molar-refractivity contribution in [2.45, 2.75) is 19.9 Å². The van der Waals surface area contributed by atoms with Crippen molar-refractivity contribution in [1.82, 2.24) is 5.32 Å². The molecule has 2 nitrogen and oxygen atoms in total. The second kappa shape index (κ2) is 4.11. The highest BCUT2D eigenvalue weighted by molar-refractivity contribution is 9.10. The van der Waals surface area contributed by atoms with E-state index in [9.17, 15) is 5.11 Å². The average Bonchev–Trinajstić information content (AvgIpc) is 2.10. The van der Waals surface area contributed by atoms with Crippen LogP contribution in [0.15, 0.2) is 16.6 Å². The van der Waals surface area contributed by atoms with Gasteiger partial charge in [-0.15, -0.1) is 0 Å². The molecule has 0 aliphatic rings. The van der Waals surface area contributed by atoms with Crippen LogP contribution >= 0.6 is 15.9 Å². The van der Waals surface area contributed by atoms with E-state index in [-0.39, 0.29) is 6.04 Å². The zero-order valence-electron chi connectivity index (χ0n) is 8.06. The maximum atomic E-state index is 9.66. The molecule has 0 heterocycles. The van der Waals surface area contributed by atoms with Gasteiger partial charge >= 0.3 is 0 Å². The number of aryl methyl sites for hydroxylation is 1. The second-order valence-corrected chi connectivity index (χ2v) is 4.02. The van der Waals surface area contributed by atoms with Gasteiger partial charge in [0.25, 0.3) is 0 Å². The van der Waals surface area contributed by atoms with E-state index in [0.717, 1.165) is 15.6 Å². The molecule has 1 aromatic rings. The molecule has 1 rings (SSSR count). The van der Waals surface area contributed by atoms with Crippen molar-refractivity contribution >= 4 is 15.9 Å². The van der Waals surface area contributed by atoms with Crippen molar-refractivity contribution in [3.63, 3.8) is 0 Å². The van der Waals surface area contributed by atoms with Gasteiger partial charge in [0.15, 0.2) is 0 Å². The zero-order chi connectivity index (χ0) is 10.0. The van der Waals surface area contributed by atoms with Crippen LogP contribution in [-0.4, -0.2) is 12.2 Å². The van der Waals surface area contributed by atoms with Gasteiger partial charge in [0.1, 0.15) is 5.75 Å². The Morgan fingerprint density at radius 2 is 2.08 bits per heavy atom. The van der Waals surface area contributed by atoms with Gasteiger partial charge in [0, 0.05) is 16.1 Å². The molecule has 13 heavy (non-hydrogen) atoms. The maximum absolute atomic E-state index is 9.66. The summed E-state index contributed by atoms with van der Waals surface area (Å²) in [6, 6.07) is 3.89. The fourth-order valence-corrected chi connectivity index (χ4v) is 1.55. The minimum absolute atomic E-state index is 0.164. The van der Waals surface area contributed by atoms with Crippen molar-refractivity contribution in [3.8, 4) is 5.75 Å². The summed E-state index contributed by atoms with van der Waals surface area (Å²) in [6.45, 7) is 3.97. The quantitative estimate of drug-likeness (QED) is 0.838. The molecule has 2 N–H and O–H groups in total. The van der Waals surface area contributed by atoms with E-state index < -0.39 is 0 Å². The van der Waals surface area contributed by atoms with Gasteiger partial charge in [0.05, 0.1) is 0 Å². The van der Waals surface area contributed by atoms with Crippen LogP contribution in [0.2, 0.25) is 0 Å². The highest BCUT2D eigenvalue weighted by Gasteiger charge is 2.10. The molecule has 0 aromatic heterocycles. The molecule has 0 spiro atoms. The van der Waals surface area contributed by atoms with Crippen LogP contribution in [0.3, 0.4) is 0 Å². The lowest BCUT2D eigenvalue weighted by molar-refractivity contribution is 0.457. The van der Waals surface area contributed by atoms with E-state index in [1.54, 1.807) is 6.07 Å².